The summed E-state index contributed by atoms with van der Waals surface area (Å²) in [5.74, 6) is 0.609. The molecule has 116 valence electrons. The summed E-state index contributed by atoms with van der Waals surface area (Å²) in [5.41, 5.74) is -0.000256. The molecule has 2 heterocycles. The number of halogens is 1. The first kappa shape index (κ1) is 14.9. The van der Waals surface area contributed by atoms with Gasteiger partial charge in [-0.15, -0.1) is 0 Å². The fourth-order valence-electron chi connectivity index (χ4n) is 2.90. The molecule has 1 fully saturated rings. The molecule has 1 aliphatic carbocycles. The second kappa shape index (κ2) is 6.40. The van der Waals surface area contributed by atoms with E-state index in [0.717, 1.165) is 31.4 Å². The Kier molecular flexibility index (Phi) is 4.34. The second-order valence-corrected chi connectivity index (χ2v) is 5.92. The van der Waals surface area contributed by atoms with Crippen LogP contribution in [0.25, 0.3) is 0 Å². The van der Waals surface area contributed by atoms with Gasteiger partial charge in [0.1, 0.15) is 10.8 Å². The van der Waals surface area contributed by atoms with Crippen LogP contribution in [0.1, 0.15) is 41.8 Å². The number of H-pyrrole nitrogens is 1. The van der Waals surface area contributed by atoms with E-state index in [9.17, 15) is 9.59 Å². The number of aromatic nitrogens is 1. The van der Waals surface area contributed by atoms with Gasteiger partial charge in [-0.2, -0.15) is 0 Å². The van der Waals surface area contributed by atoms with Gasteiger partial charge in [-0.3, -0.25) is 9.59 Å². The quantitative estimate of drug-likeness (QED) is 0.940. The van der Waals surface area contributed by atoms with Crippen molar-refractivity contribution in [2.24, 2.45) is 0 Å². The number of hydrogen-bond acceptors (Lipinski definition) is 3. The lowest BCUT2D eigenvalue weighted by Crippen LogP contribution is -2.38. The van der Waals surface area contributed by atoms with E-state index in [1.54, 1.807) is 6.26 Å². The highest BCUT2D eigenvalue weighted by Crippen LogP contribution is 2.26. The molecule has 6 heteroatoms. The Morgan fingerprint density at radius 2 is 2.18 bits per heavy atom. The SMILES string of the molecule is O=C(c1c[nH]c(=O)c(Cl)c1)N(Cc1ccco1)C1CCCC1. The van der Waals surface area contributed by atoms with Crippen LogP contribution in [-0.2, 0) is 6.54 Å². The minimum atomic E-state index is -0.392. The Bertz CT molecular complexity index is 702. The van der Waals surface area contributed by atoms with E-state index in [0.29, 0.717) is 12.1 Å². The van der Waals surface area contributed by atoms with Crippen molar-refractivity contribution < 1.29 is 9.21 Å². The fraction of sp³-hybridized carbons (Fsp3) is 0.375. The van der Waals surface area contributed by atoms with Crippen LogP contribution in [0.4, 0.5) is 0 Å². The molecule has 2 aromatic rings. The molecule has 0 saturated heterocycles. The summed E-state index contributed by atoms with van der Waals surface area (Å²) in [6.07, 6.45) is 7.25. The highest BCUT2D eigenvalue weighted by molar-refractivity contribution is 6.30. The molecule has 0 aromatic carbocycles. The lowest BCUT2D eigenvalue weighted by Gasteiger charge is -2.28. The first-order valence-corrected chi connectivity index (χ1v) is 7.74. The van der Waals surface area contributed by atoms with Crippen LogP contribution >= 0.6 is 11.6 Å². The lowest BCUT2D eigenvalue weighted by atomic mass is 10.1. The second-order valence-electron chi connectivity index (χ2n) is 5.52. The van der Waals surface area contributed by atoms with Gasteiger partial charge in [0.15, 0.2) is 0 Å². The molecule has 1 amide bonds. The zero-order chi connectivity index (χ0) is 15.5. The highest BCUT2D eigenvalue weighted by Gasteiger charge is 2.28. The van der Waals surface area contributed by atoms with E-state index in [2.05, 4.69) is 4.98 Å². The first-order valence-electron chi connectivity index (χ1n) is 7.37. The van der Waals surface area contributed by atoms with Crippen LogP contribution < -0.4 is 5.56 Å². The topological polar surface area (TPSA) is 66.3 Å². The minimum absolute atomic E-state index is 0.0234. The van der Waals surface area contributed by atoms with Crippen molar-refractivity contribution in [2.45, 2.75) is 38.3 Å². The van der Waals surface area contributed by atoms with Gasteiger partial charge in [-0.1, -0.05) is 24.4 Å². The smallest absolute Gasteiger partial charge is 0.266 e. The predicted molar refractivity (Wildman–Crippen MR) is 82.9 cm³/mol. The largest absolute Gasteiger partial charge is 0.467 e. The number of carbonyl (C=O) groups excluding carboxylic acids is 1. The maximum atomic E-state index is 12.8. The summed E-state index contributed by atoms with van der Waals surface area (Å²) in [6.45, 7) is 0.424. The number of nitrogens with zero attached hydrogens (tertiary/aromatic N) is 1. The molecule has 0 unspecified atom stereocenters. The molecule has 5 nitrogen and oxygen atoms in total. The summed E-state index contributed by atoms with van der Waals surface area (Å²) < 4.78 is 5.37. The van der Waals surface area contributed by atoms with Gasteiger partial charge >= 0.3 is 0 Å². The Morgan fingerprint density at radius 1 is 1.41 bits per heavy atom. The average molecular weight is 321 g/mol. The molecule has 3 rings (SSSR count). The van der Waals surface area contributed by atoms with Crippen molar-refractivity contribution >= 4 is 17.5 Å². The lowest BCUT2D eigenvalue weighted by molar-refractivity contribution is 0.0648. The number of pyridine rings is 1. The van der Waals surface area contributed by atoms with Gasteiger partial charge in [-0.25, -0.2) is 0 Å². The van der Waals surface area contributed by atoms with Crippen LogP contribution in [0.15, 0.2) is 39.9 Å². The van der Waals surface area contributed by atoms with Gasteiger partial charge in [0.25, 0.3) is 11.5 Å². The van der Waals surface area contributed by atoms with Crippen molar-refractivity contribution in [2.75, 3.05) is 0 Å². The number of furan rings is 1. The minimum Gasteiger partial charge on any atom is -0.467 e. The number of nitrogens with one attached hydrogen (secondary N) is 1. The Labute approximate surface area is 132 Å². The number of rotatable bonds is 4. The third-order valence-corrected chi connectivity index (χ3v) is 4.32. The maximum absolute atomic E-state index is 12.8. The fourth-order valence-corrected chi connectivity index (χ4v) is 3.07. The van der Waals surface area contributed by atoms with E-state index < -0.39 is 5.56 Å². The van der Waals surface area contributed by atoms with Gasteiger partial charge in [0.2, 0.25) is 0 Å². The van der Waals surface area contributed by atoms with Crippen molar-refractivity contribution in [1.29, 1.82) is 0 Å². The summed E-state index contributed by atoms with van der Waals surface area (Å²) in [6, 6.07) is 5.29. The normalized spacial score (nSPS) is 15.1. The highest BCUT2D eigenvalue weighted by atomic mass is 35.5. The molecular weight excluding hydrogens is 304 g/mol. The number of aromatic amines is 1. The molecular formula is C16H17ClN2O3. The molecule has 0 bridgehead atoms. The Morgan fingerprint density at radius 3 is 2.82 bits per heavy atom. The van der Waals surface area contributed by atoms with Crippen LogP contribution in [0, 0.1) is 0 Å². The molecule has 1 saturated carbocycles. The number of carbonyl (C=O) groups is 1. The van der Waals surface area contributed by atoms with Gasteiger partial charge in [0, 0.05) is 12.2 Å². The summed E-state index contributed by atoms with van der Waals surface area (Å²) in [7, 11) is 0. The summed E-state index contributed by atoms with van der Waals surface area (Å²) >= 11 is 5.83. The molecule has 22 heavy (non-hydrogen) atoms. The summed E-state index contributed by atoms with van der Waals surface area (Å²) in [5, 5.41) is 0.0234. The van der Waals surface area contributed by atoms with E-state index in [1.165, 1.54) is 12.3 Å². The zero-order valence-electron chi connectivity index (χ0n) is 12.0. The first-order chi connectivity index (χ1) is 10.6. The van der Waals surface area contributed by atoms with Gasteiger partial charge in [0.05, 0.1) is 18.4 Å². The molecule has 0 aliphatic heterocycles. The van der Waals surface area contributed by atoms with Crippen molar-refractivity contribution in [1.82, 2.24) is 9.88 Å². The molecule has 0 radical (unpaired) electrons. The molecule has 1 aliphatic rings. The Balaban J connectivity index is 1.88. The third kappa shape index (κ3) is 3.09. The molecule has 0 atom stereocenters. The number of amides is 1. The van der Waals surface area contributed by atoms with Crippen molar-refractivity contribution in [3.05, 3.63) is 57.4 Å². The molecule has 1 N–H and O–H groups in total. The van der Waals surface area contributed by atoms with E-state index in [4.69, 9.17) is 16.0 Å². The molecule has 2 aromatic heterocycles. The average Bonchev–Trinajstić information content (AvgIpc) is 3.20. The van der Waals surface area contributed by atoms with Crippen molar-refractivity contribution in [3.8, 4) is 0 Å². The van der Waals surface area contributed by atoms with Gasteiger partial charge in [-0.05, 0) is 31.0 Å². The monoisotopic (exact) mass is 320 g/mol. The van der Waals surface area contributed by atoms with Gasteiger partial charge < -0.3 is 14.3 Å². The Hall–Kier alpha value is -2.01. The van der Waals surface area contributed by atoms with E-state index in [1.807, 2.05) is 17.0 Å². The van der Waals surface area contributed by atoms with Crippen LogP contribution in [0.5, 0.6) is 0 Å². The zero-order valence-corrected chi connectivity index (χ0v) is 12.8. The van der Waals surface area contributed by atoms with Crippen LogP contribution in [0.2, 0.25) is 5.02 Å². The molecule has 0 spiro atoms. The summed E-state index contributed by atoms with van der Waals surface area (Å²) in [4.78, 5) is 28.5. The van der Waals surface area contributed by atoms with E-state index >= 15 is 0 Å². The standard InChI is InChI=1S/C16H17ClN2O3/c17-14-8-11(9-18-15(14)20)16(21)19(12-4-1-2-5-12)10-13-6-3-7-22-13/h3,6-9,12H,1-2,4-5,10H2,(H,18,20). The number of hydrogen-bond donors (Lipinski definition) is 1. The maximum Gasteiger partial charge on any atom is 0.266 e. The van der Waals surface area contributed by atoms with E-state index in [-0.39, 0.29) is 17.0 Å². The third-order valence-electron chi connectivity index (χ3n) is 4.04. The predicted octanol–water partition coefficient (Wildman–Crippen LogP) is 3.21. The van der Waals surface area contributed by atoms with Crippen LogP contribution in [-0.4, -0.2) is 21.8 Å². The van der Waals surface area contributed by atoms with Crippen molar-refractivity contribution in [3.63, 3.8) is 0 Å². The van der Waals surface area contributed by atoms with Crippen LogP contribution in [0.3, 0.4) is 0 Å².